The molecule has 7 atom stereocenters. The second-order valence-corrected chi connectivity index (χ2v) is 10.0. The summed E-state index contributed by atoms with van der Waals surface area (Å²) in [6, 6.07) is 3.98. The van der Waals surface area contributed by atoms with E-state index in [0.29, 0.717) is 17.8 Å². The second-order valence-electron chi connectivity index (χ2n) is 10.0. The molecule has 1 aromatic heterocycles. The molecule has 3 aliphatic carbocycles. The summed E-state index contributed by atoms with van der Waals surface area (Å²) in [5.74, 6) is 2.58. The first kappa shape index (κ1) is 18.2. The maximum Gasteiger partial charge on any atom is 0.246 e. The van der Waals surface area contributed by atoms with Crippen LogP contribution in [0.5, 0.6) is 0 Å². The minimum Gasteiger partial charge on any atom is -0.465 e. The van der Waals surface area contributed by atoms with Gasteiger partial charge in [0.2, 0.25) is 5.91 Å². The van der Waals surface area contributed by atoms with E-state index in [1.54, 1.807) is 12.3 Å². The zero-order valence-electron chi connectivity index (χ0n) is 17.1. The van der Waals surface area contributed by atoms with Crippen LogP contribution in [0.4, 0.5) is 0 Å². The van der Waals surface area contributed by atoms with E-state index in [4.69, 9.17) is 4.42 Å². The van der Waals surface area contributed by atoms with Crippen molar-refractivity contribution >= 4 is 12.0 Å². The molecule has 2 heterocycles. The number of amides is 1. The molecule has 4 heteroatoms. The fraction of sp³-hybridized carbons (Fsp3) is 0.625. The third-order valence-corrected chi connectivity index (χ3v) is 8.79. The lowest BCUT2D eigenvalue weighted by atomic mass is 9.47. The molecule has 1 aliphatic heterocycles. The Kier molecular flexibility index (Phi) is 3.97. The largest absolute Gasteiger partial charge is 0.465 e. The third kappa shape index (κ3) is 2.36. The minimum atomic E-state index is -0.173. The fourth-order valence-corrected chi connectivity index (χ4v) is 7.37. The molecule has 1 amide bonds. The molecule has 3 fully saturated rings. The third-order valence-electron chi connectivity index (χ3n) is 8.79. The summed E-state index contributed by atoms with van der Waals surface area (Å²) in [4.78, 5) is 14.5. The number of carbonyl (C=O) groups is 1. The molecule has 0 aromatic carbocycles. The first-order valence-corrected chi connectivity index (χ1v) is 10.7. The van der Waals surface area contributed by atoms with Gasteiger partial charge in [-0.05, 0) is 85.1 Å². The average molecular weight is 382 g/mol. The van der Waals surface area contributed by atoms with Crippen LogP contribution in [0.3, 0.4) is 0 Å². The maximum atomic E-state index is 12.5. The van der Waals surface area contributed by atoms with Gasteiger partial charge in [-0.3, -0.25) is 4.79 Å². The molecular formula is C24H31NO3. The number of aliphatic hydroxyl groups excluding tert-OH is 1. The first-order valence-electron chi connectivity index (χ1n) is 10.7. The van der Waals surface area contributed by atoms with Gasteiger partial charge in [0.25, 0.3) is 0 Å². The summed E-state index contributed by atoms with van der Waals surface area (Å²) in [5.41, 5.74) is 1.27. The van der Waals surface area contributed by atoms with Crippen molar-refractivity contribution < 1.29 is 14.3 Å². The van der Waals surface area contributed by atoms with E-state index >= 15 is 0 Å². The normalized spacial score (nSPS) is 46.4. The van der Waals surface area contributed by atoms with Crippen LogP contribution in [0.2, 0.25) is 0 Å². The van der Waals surface area contributed by atoms with Crippen molar-refractivity contribution in [3.05, 3.63) is 41.9 Å². The molecule has 0 spiro atoms. The van der Waals surface area contributed by atoms with E-state index < -0.39 is 0 Å². The van der Waals surface area contributed by atoms with E-state index in [1.807, 2.05) is 24.1 Å². The van der Waals surface area contributed by atoms with Crippen molar-refractivity contribution in [2.75, 3.05) is 7.05 Å². The summed E-state index contributed by atoms with van der Waals surface area (Å²) >= 11 is 0. The summed E-state index contributed by atoms with van der Waals surface area (Å²) in [6.07, 6.45) is 12.9. The Morgan fingerprint density at radius 3 is 2.82 bits per heavy atom. The van der Waals surface area contributed by atoms with E-state index in [1.165, 1.54) is 5.57 Å². The predicted molar refractivity (Wildman–Crippen MR) is 108 cm³/mol. The number of hydrogen-bond donors (Lipinski definition) is 1. The number of aliphatic hydroxyl groups is 1. The molecule has 5 rings (SSSR count). The molecular weight excluding hydrogens is 350 g/mol. The predicted octanol–water partition coefficient (Wildman–Crippen LogP) is 4.27. The molecule has 4 nitrogen and oxygen atoms in total. The van der Waals surface area contributed by atoms with Gasteiger partial charge in [0.05, 0.1) is 18.4 Å². The molecule has 0 bridgehead atoms. The molecule has 1 N–H and O–H groups in total. The van der Waals surface area contributed by atoms with Gasteiger partial charge in [-0.25, -0.2) is 0 Å². The van der Waals surface area contributed by atoms with Gasteiger partial charge in [0.1, 0.15) is 5.76 Å². The topological polar surface area (TPSA) is 53.7 Å². The van der Waals surface area contributed by atoms with Crippen LogP contribution >= 0.6 is 0 Å². The Bertz CT molecular complexity index is 840. The number of nitrogens with zero attached hydrogens (tertiary/aromatic N) is 1. The van der Waals surface area contributed by atoms with E-state index in [9.17, 15) is 9.90 Å². The van der Waals surface area contributed by atoms with Gasteiger partial charge in [-0.1, -0.05) is 19.9 Å². The summed E-state index contributed by atoms with van der Waals surface area (Å²) in [7, 11) is 1.94. The standard InChI is InChI=1S/C24H31NO3/c1-23-10-8-19-17(18(23)6-7-20(23)26)14-15(13-16-5-4-12-28-16)22-24(19,2)11-9-21(27)25(22)3/h4-5,9,11-13,17-20,22,26H,6-8,10,14H2,1-3H3/b15-13+/t17-,18-,19-,20-,22+,23-,24+/m0/s1. The van der Waals surface area contributed by atoms with Crippen LogP contribution in [0, 0.1) is 28.6 Å². The van der Waals surface area contributed by atoms with Crippen LogP contribution < -0.4 is 0 Å². The van der Waals surface area contributed by atoms with E-state index in [0.717, 1.165) is 37.9 Å². The van der Waals surface area contributed by atoms with Gasteiger partial charge in [0, 0.05) is 12.5 Å². The lowest BCUT2D eigenvalue weighted by molar-refractivity contribution is -0.135. The van der Waals surface area contributed by atoms with Crippen molar-refractivity contribution in [2.45, 2.75) is 58.1 Å². The van der Waals surface area contributed by atoms with Crippen molar-refractivity contribution in [2.24, 2.45) is 28.6 Å². The second kappa shape index (κ2) is 6.09. The smallest absolute Gasteiger partial charge is 0.246 e. The van der Waals surface area contributed by atoms with Gasteiger partial charge in [0.15, 0.2) is 0 Å². The maximum absolute atomic E-state index is 12.5. The number of hydrogen-bond acceptors (Lipinski definition) is 3. The number of rotatable bonds is 1. The monoisotopic (exact) mass is 381 g/mol. The average Bonchev–Trinajstić information content (AvgIpc) is 3.27. The van der Waals surface area contributed by atoms with Crippen LogP contribution in [0.1, 0.15) is 51.7 Å². The van der Waals surface area contributed by atoms with Crippen LogP contribution in [-0.2, 0) is 4.79 Å². The Hall–Kier alpha value is -1.81. The van der Waals surface area contributed by atoms with Gasteiger partial charge >= 0.3 is 0 Å². The van der Waals surface area contributed by atoms with Crippen LogP contribution in [0.25, 0.3) is 6.08 Å². The fourth-order valence-electron chi connectivity index (χ4n) is 7.37. The quantitative estimate of drug-likeness (QED) is 0.790. The number of likely N-dealkylation sites (N-methyl/N-ethyl adjacent to an activating group) is 1. The van der Waals surface area contributed by atoms with Gasteiger partial charge in [-0.2, -0.15) is 0 Å². The lowest BCUT2D eigenvalue weighted by Crippen LogP contribution is -2.60. The van der Waals surface area contributed by atoms with Crippen LogP contribution in [-0.4, -0.2) is 35.1 Å². The Labute approximate surface area is 167 Å². The number of fused-ring (bicyclic) bond motifs is 5. The highest BCUT2D eigenvalue weighted by Crippen LogP contribution is 2.64. The molecule has 0 saturated heterocycles. The highest BCUT2D eigenvalue weighted by molar-refractivity contribution is 5.89. The zero-order valence-corrected chi connectivity index (χ0v) is 17.1. The number of carbonyl (C=O) groups excluding carboxylic acids is 1. The van der Waals surface area contributed by atoms with Crippen molar-refractivity contribution in [1.82, 2.24) is 4.90 Å². The van der Waals surface area contributed by atoms with Crippen molar-refractivity contribution in [1.29, 1.82) is 0 Å². The molecule has 150 valence electrons. The highest BCUT2D eigenvalue weighted by Gasteiger charge is 2.61. The van der Waals surface area contributed by atoms with Crippen molar-refractivity contribution in [3.8, 4) is 0 Å². The highest BCUT2D eigenvalue weighted by atomic mass is 16.3. The Morgan fingerprint density at radius 2 is 2.07 bits per heavy atom. The minimum absolute atomic E-state index is 0.0419. The lowest BCUT2D eigenvalue weighted by Gasteiger charge is -2.60. The van der Waals surface area contributed by atoms with E-state index in [-0.39, 0.29) is 28.9 Å². The molecule has 1 aromatic rings. The molecule has 0 radical (unpaired) electrons. The molecule has 4 aliphatic rings. The SMILES string of the molecule is CN1C(=O)C=C[C@]2(C)[C@H]3CC[C@]4(C)[C@@H](O)CC[C@H]4[C@@H]3C/C(=C\c3ccco3)[C@@H]12. The first-order chi connectivity index (χ1) is 13.3. The van der Waals surface area contributed by atoms with Gasteiger partial charge < -0.3 is 14.4 Å². The Morgan fingerprint density at radius 1 is 1.25 bits per heavy atom. The molecule has 3 saturated carbocycles. The summed E-state index contributed by atoms with van der Waals surface area (Å²) < 4.78 is 5.63. The summed E-state index contributed by atoms with van der Waals surface area (Å²) in [5, 5.41) is 10.7. The zero-order chi connectivity index (χ0) is 19.7. The van der Waals surface area contributed by atoms with E-state index in [2.05, 4.69) is 26.0 Å². The van der Waals surface area contributed by atoms with Crippen LogP contribution in [0.15, 0.2) is 40.5 Å². The molecule has 0 unspecified atom stereocenters. The number of furan rings is 1. The summed E-state index contributed by atoms with van der Waals surface area (Å²) in [6.45, 7) is 4.65. The molecule has 28 heavy (non-hydrogen) atoms. The van der Waals surface area contributed by atoms with Crippen molar-refractivity contribution in [3.63, 3.8) is 0 Å². The Balaban J connectivity index is 1.62. The van der Waals surface area contributed by atoms with Gasteiger partial charge in [-0.15, -0.1) is 0 Å².